The van der Waals surface area contributed by atoms with Crippen molar-refractivity contribution < 1.29 is 4.39 Å². The van der Waals surface area contributed by atoms with Gasteiger partial charge in [-0.1, -0.05) is 23.7 Å². The standard InChI is InChI=1S/C13H13ClFN3O/c1-8(9-3-5-10(15)6-4-9)17-11-7-16-18(2)13(19)12(11)14/h3-8,17H,1-2H3/t8-/m0/s1. The van der Waals surface area contributed by atoms with Gasteiger partial charge >= 0.3 is 0 Å². The van der Waals surface area contributed by atoms with Crippen LogP contribution in [0.5, 0.6) is 0 Å². The Morgan fingerprint density at radius 3 is 2.63 bits per heavy atom. The Balaban J connectivity index is 2.24. The monoisotopic (exact) mass is 281 g/mol. The Labute approximate surface area is 114 Å². The molecule has 6 heteroatoms. The third-order valence-corrected chi connectivity index (χ3v) is 3.19. The van der Waals surface area contributed by atoms with Crippen LogP contribution in [0.2, 0.25) is 5.02 Å². The second kappa shape index (κ2) is 5.40. The van der Waals surface area contributed by atoms with E-state index < -0.39 is 0 Å². The van der Waals surface area contributed by atoms with Gasteiger partial charge in [-0.05, 0) is 24.6 Å². The van der Waals surface area contributed by atoms with E-state index in [1.165, 1.54) is 25.4 Å². The lowest BCUT2D eigenvalue weighted by Crippen LogP contribution is -2.21. The van der Waals surface area contributed by atoms with Crippen molar-refractivity contribution in [2.45, 2.75) is 13.0 Å². The van der Waals surface area contributed by atoms with Gasteiger partial charge in [0.15, 0.2) is 0 Å². The SMILES string of the molecule is C[C@H](Nc1cnn(C)c(=O)c1Cl)c1ccc(F)cc1. The van der Waals surface area contributed by atoms with Gasteiger partial charge in [-0.3, -0.25) is 4.79 Å². The first kappa shape index (κ1) is 13.5. The second-order valence-corrected chi connectivity index (χ2v) is 4.60. The van der Waals surface area contributed by atoms with Gasteiger partial charge in [-0.25, -0.2) is 9.07 Å². The summed E-state index contributed by atoms with van der Waals surface area (Å²) in [5, 5.41) is 7.07. The summed E-state index contributed by atoms with van der Waals surface area (Å²) in [6, 6.07) is 6.01. The lowest BCUT2D eigenvalue weighted by atomic mass is 10.1. The van der Waals surface area contributed by atoms with Crippen LogP contribution in [0.1, 0.15) is 18.5 Å². The van der Waals surface area contributed by atoms with E-state index in [1.807, 2.05) is 6.92 Å². The number of benzene rings is 1. The molecule has 19 heavy (non-hydrogen) atoms. The molecule has 100 valence electrons. The Morgan fingerprint density at radius 1 is 1.37 bits per heavy atom. The zero-order valence-electron chi connectivity index (χ0n) is 10.5. The summed E-state index contributed by atoms with van der Waals surface area (Å²) in [7, 11) is 1.53. The van der Waals surface area contributed by atoms with Crippen LogP contribution < -0.4 is 10.9 Å². The molecule has 0 aliphatic carbocycles. The normalized spacial score (nSPS) is 12.2. The highest BCUT2D eigenvalue weighted by atomic mass is 35.5. The molecule has 0 aliphatic rings. The van der Waals surface area contributed by atoms with E-state index in [4.69, 9.17) is 11.6 Å². The van der Waals surface area contributed by atoms with Crippen LogP contribution in [0, 0.1) is 5.82 Å². The van der Waals surface area contributed by atoms with E-state index in [-0.39, 0.29) is 22.4 Å². The molecule has 1 N–H and O–H groups in total. The van der Waals surface area contributed by atoms with E-state index in [0.29, 0.717) is 5.69 Å². The zero-order valence-corrected chi connectivity index (χ0v) is 11.3. The molecule has 0 amide bonds. The van der Waals surface area contributed by atoms with Gasteiger partial charge in [0.25, 0.3) is 5.56 Å². The largest absolute Gasteiger partial charge is 0.376 e. The predicted molar refractivity (Wildman–Crippen MR) is 72.9 cm³/mol. The number of rotatable bonds is 3. The van der Waals surface area contributed by atoms with Gasteiger partial charge in [0.1, 0.15) is 10.8 Å². The van der Waals surface area contributed by atoms with E-state index >= 15 is 0 Å². The van der Waals surface area contributed by atoms with Crippen molar-refractivity contribution in [3.63, 3.8) is 0 Å². The van der Waals surface area contributed by atoms with E-state index in [2.05, 4.69) is 10.4 Å². The minimum atomic E-state index is -0.363. The fourth-order valence-electron chi connectivity index (χ4n) is 1.68. The highest BCUT2D eigenvalue weighted by Crippen LogP contribution is 2.22. The van der Waals surface area contributed by atoms with Gasteiger partial charge in [0.2, 0.25) is 0 Å². The van der Waals surface area contributed by atoms with Gasteiger partial charge in [-0.2, -0.15) is 5.10 Å². The first-order valence-corrected chi connectivity index (χ1v) is 6.10. The summed E-state index contributed by atoms with van der Waals surface area (Å²) >= 11 is 5.96. The lowest BCUT2D eigenvalue weighted by Gasteiger charge is -2.16. The summed E-state index contributed by atoms with van der Waals surface area (Å²) in [5.41, 5.74) is 0.984. The first-order chi connectivity index (χ1) is 8.99. The Morgan fingerprint density at radius 2 is 2.00 bits per heavy atom. The van der Waals surface area contributed by atoms with Crippen molar-refractivity contribution in [3.8, 4) is 0 Å². The number of aryl methyl sites for hydroxylation is 1. The minimum absolute atomic E-state index is 0.0893. The molecule has 0 aliphatic heterocycles. The van der Waals surface area contributed by atoms with E-state index in [1.54, 1.807) is 12.1 Å². The summed E-state index contributed by atoms with van der Waals surface area (Å²) in [6.07, 6.45) is 1.49. The molecule has 0 saturated heterocycles. The van der Waals surface area contributed by atoms with Crippen LogP contribution >= 0.6 is 11.6 Å². The maximum absolute atomic E-state index is 12.8. The minimum Gasteiger partial charge on any atom is -0.376 e. The topological polar surface area (TPSA) is 46.9 Å². The van der Waals surface area contributed by atoms with Crippen LogP contribution in [-0.4, -0.2) is 9.78 Å². The Hall–Kier alpha value is -1.88. The highest BCUT2D eigenvalue weighted by molar-refractivity contribution is 6.32. The molecule has 1 aromatic carbocycles. The predicted octanol–water partition coefficient (Wildman–Crippen LogP) is 2.75. The molecule has 0 bridgehead atoms. The van der Waals surface area contributed by atoms with E-state index in [9.17, 15) is 9.18 Å². The number of hydrogen-bond acceptors (Lipinski definition) is 3. The van der Waals surface area contributed by atoms with Gasteiger partial charge < -0.3 is 5.32 Å². The van der Waals surface area contributed by atoms with Gasteiger partial charge in [0, 0.05) is 13.1 Å². The summed E-state index contributed by atoms with van der Waals surface area (Å²) in [6.45, 7) is 1.89. The Kier molecular flexibility index (Phi) is 3.85. The third-order valence-electron chi connectivity index (χ3n) is 2.82. The molecule has 0 fully saturated rings. The molecule has 4 nitrogen and oxygen atoms in total. The summed E-state index contributed by atoms with van der Waals surface area (Å²) in [5.74, 6) is -0.288. The average molecular weight is 282 g/mol. The van der Waals surface area contributed by atoms with Crippen LogP contribution in [0.25, 0.3) is 0 Å². The second-order valence-electron chi connectivity index (χ2n) is 4.22. The van der Waals surface area contributed by atoms with Crippen molar-refractivity contribution in [2.75, 3.05) is 5.32 Å². The number of anilines is 1. The van der Waals surface area contributed by atoms with Crippen LogP contribution in [0.3, 0.4) is 0 Å². The highest BCUT2D eigenvalue weighted by Gasteiger charge is 2.11. The van der Waals surface area contributed by atoms with Crippen molar-refractivity contribution in [1.82, 2.24) is 9.78 Å². The van der Waals surface area contributed by atoms with Gasteiger partial charge in [0.05, 0.1) is 11.9 Å². The third kappa shape index (κ3) is 2.93. The molecule has 0 spiro atoms. The molecule has 1 atom stereocenters. The number of nitrogens with zero attached hydrogens (tertiary/aromatic N) is 2. The van der Waals surface area contributed by atoms with Crippen molar-refractivity contribution in [1.29, 1.82) is 0 Å². The smallest absolute Gasteiger partial charge is 0.287 e. The van der Waals surface area contributed by atoms with Gasteiger partial charge in [-0.15, -0.1) is 0 Å². The maximum atomic E-state index is 12.8. The van der Waals surface area contributed by atoms with Crippen molar-refractivity contribution in [3.05, 3.63) is 57.2 Å². The number of hydrogen-bond donors (Lipinski definition) is 1. The molecule has 0 unspecified atom stereocenters. The number of nitrogens with one attached hydrogen (secondary N) is 1. The molecular formula is C13H13ClFN3O. The van der Waals surface area contributed by atoms with Crippen LogP contribution in [0.4, 0.5) is 10.1 Å². The summed E-state index contributed by atoms with van der Waals surface area (Å²) < 4.78 is 14.0. The van der Waals surface area contributed by atoms with Crippen molar-refractivity contribution >= 4 is 17.3 Å². The zero-order chi connectivity index (χ0) is 14.0. The molecular weight excluding hydrogens is 269 g/mol. The van der Waals surface area contributed by atoms with Crippen molar-refractivity contribution in [2.24, 2.45) is 7.05 Å². The first-order valence-electron chi connectivity index (χ1n) is 5.73. The molecule has 2 aromatic rings. The number of aromatic nitrogens is 2. The number of halogens is 2. The molecule has 1 aromatic heterocycles. The molecule has 0 saturated carbocycles. The quantitative estimate of drug-likeness (QED) is 0.941. The van der Waals surface area contributed by atoms with Crippen LogP contribution in [0.15, 0.2) is 35.3 Å². The molecule has 1 heterocycles. The lowest BCUT2D eigenvalue weighted by molar-refractivity contribution is 0.626. The molecule has 0 radical (unpaired) electrons. The Bertz CT molecular complexity index is 639. The van der Waals surface area contributed by atoms with E-state index in [0.717, 1.165) is 10.2 Å². The van der Waals surface area contributed by atoms with Crippen LogP contribution in [-0.2, 0) is 7.05 Å². The fraction of sp³-hybridized carbons (Fsp3) is 0.231. The maximum Gasteiger partial charge on any atom is 0.287 e. The molecule has 2 rings (SSSR count). The summed E-state index contributed by atoms with van der Waals surface area (Å²) in [4.78, 5) is 11.6. The average Bonchev–Trinajstić information content (AvgIpc) is 2.40. The fourth-order valence-corrected chi connectivity index (χ4v) is 1.91.